The number of hydrogen-bond donors (Lipinski definition) is 6. The van der Waals surface area contributed by atoms with Crippen LogP contribution in [0.2, 0.25) is 0 Å². The SMILES string of the molecule is CCC1OC(=O)C(C)C(O)C(C)C(O)C(C)(O)CC(C)C(N)C(C)C(O)C1(C)O. The Labute approximate surface area is 174 Å². The Hall–Kier alpha value is -0.770. The van der Waals surface area contributed by atoms with E-state index in [9.17, 15) is 30.3 Å². The zero-order valence-corrected chi connectivity index (χ0v) is 18.7. The smallest absolute Gasteiger partial charge is 0.311 e. The molecule has 0 aliphatic carbocycles. The molecule has 0 aromatic heterocycles. The molecule has 1 fully saturated rings. The lowest BCUT2D eigenvalue weighted by molar-refractivity contribution is -0.196. The average Bonchev–Trinajstić information content (AvgIpc) is 2.66. The average molecular weight is 420 g/mol. The van der Waals surface area contributed by atoms with Crippen LogP contribution in [0.1, 0.15) is 61.3 Å². The van der Waals surface area contributed by atoms with Gasteiger partial charge in [0.1, 0.15) is 11.7 Å². The molecule has 1 aliphatic heterocycles. The third-order valence-corrected chi connectivity index (χ3v) is 6.94. The summed E-state index contributed by atoms with van der Waals surface area (Å²) >= 11 is 0. The van der Waals surface area contributed by atoms with Gasteiger partial charge in [-0.3, -0.25) is 4.79 Å². The molecule has 172 valence electrons. The molecule has 8 nitrogen and oxygen atoms in total. The third kappa shape index (κ3) is 5.48. The van der Waals surface area contributed by atoms with Gasteiger partial charge < -0.3 is 36.0 Å². The van der Waals surface area contributed by atoms with Crippen LogP contribution >= 0.6 is 0 Å². The van der Waals surface area contributed by atoms with E-state index in [1.165, 1.54) is 20.8 Å². The zero-order chi connectivity index (χ0) is 22.9. The summed E-state index contributed by atoms with van der Waals surface area (Å²) in [5, 5.41) is 54.1. The minimum Gasteiger partial charge on any atom is -0.459 e. The molecule has 29 heavy (non-hydrogen) atoms. The molecule has 0 bridgehead atoms. The van der Waals surface area contributed by atoms with Gasteiger partial charge in [0, 0.05) is 17.9 Å². The van der Waals surface area contributed by atoms with Gasteiger partial charge in [-0.1, -0.05) is 27.7 Å². The molecule has 0 aromatic carbocycles. The van der Waals surface area contributed by atoms with E-state index in [-0.39, 0.29) is 18.8 Å². The van der Waals surface area contributed by atoms with Crippen molar-refractivity contribution in [2.45, 2.75) is 103 Å². The number of hydrogen-bond acceptors (Lipinski definition) is 8. The predicted octanol–water partition coefficient (Wildman–Crippen LogP) is 0.168. The second-order valence-corrected chi connectivity index (χ2v) is 9.56. The van der Waals surface area contributed by atoms with Gasteiger partial charge in [-0.2, -0.15) is 0 Å². The van der Waals surface area contributed by atoms with Crippen LogP contribution in [0.15, 0.2) is 0 Å². The second-order valence-electron chi connectivity index (χ2n) is 9.56. The number of aliphatic hydroxyl groups is 5. The summed E-state index contributed by atoms with van der Waals surface area (Å²) in [4.78, 5) is 12.6. The highest BCUT2D eigenvalue weighted by atomic mass is 16.6. The fourth-order valence-electron chi connectivity index (χ4n) is 4.57. The molecule has 0 aromatic rings. The van der Waals surface area contributed by atoms with Gasteiger partial charge in [0.25, 0.3) is 0 Å². The van der Waals surface area contributed by atoms with Gasteiger partial charge in [0.2, 0.25) is 0 Å². The minimum atomic E-state index is -1.76. The molecular formula is C21H41NO7. The maximum atomic E-state index is 12.6. The Morgan fingerprint density at radius 1 is 1.03 bits per heavy atom. The Morgan fingerprint density at radius 2 is 1.55 bits per heavy atom. The highest BCUT2D eigenvalue weighted by Crippen LogP contribution is 2.35. The Kier molecular flexibility index (Phi) is 8.67. The van der Waals surface area contributed by atoms with Gasteiger partial charge in [0.05, 0.1) is 29.8 Å². The van der Waals surface area contributed by atoms with Crippen LogP contribution in [0.4, 0.5) is 0 Å². The van der Waals surface area contributed by atoms with Crippen LogP contribution in [0, 0.1) is 23.7 Å². The Bertz CT molecular complexity index is 553. The minimum absolute atomic E-state index is 0.113. The largest absolute Gasteiger partial charge is 0.459 e. The molecular weight excluding hydrogens is 378 g/mol. The number of ether oxygens (including phenoxy) is 1. The first-order valence-electron chi connectivity index (χ1n) is 10.5. The number of carbonyl (C=O) groups is 1. The molecule has 0 amide bonds. The Balaban J connectivity index is 3.40. The van der Waals surface area contributed by atoms with Crippen LogP contribution in [-0.4, -0.2) is 73.2 Å². The highest BCUT2D eigenvalue weighted by Gasteiger charge is 2.48. The lowest BCUT2D eigenvalue weighted by Gasteiger charge is -2.44. The summed E-state index contributed by atoms with van der Waals surface area (Å²) in [5.74, 6) is -3.46. The summed E-state index contributed by atoms with van der Waals surface area (Å²) in [7, 11) is 0. The van der Waals surface area contributed by atoms with Crippen molar-refractivity contribution < 1.29 is 35.1 Å². The molecule has 0 saturated carbocycles. The number of aliphatic hydroxyl groups excluding tert-OH is 3. The summed E-state index contributed by atoms with van der Waals surface area (Å²) < 4.78 is 5.46. The number of nitrogens with two attached hydrogens (primary N) is 1. The number of rotatable bonds is 1. The zero-order valence-electron chi connectivity index (χ0n) is 18.7. The predicted molar refractivity (Wildman–Crippen MR) is 109 cm³/mol. The lowest BCUT2D eigenvalue weighted by atomic mass is 9.73. The summed E-state index contributed by atoms with van der Waals surface area (Å²) in [5.41, 5.74) is 2.99. The molecule has 0 radical (unpaired) electrons. The van der Waals surface area contributed by atoms with Crippen molar-refractivity contribution in [3.05, 3.63) is 0 Å². The fourth-order valence-corrected chi connectivity index (χ4v) is 4.57. The van der Waals surface area contributed by atoms with E-state index in [0.717, 1.165) is 0 Å². The van der Waals surface area contributed by atoms with E-state index in [4.69, 9.17) is 10.5 Å². The molecule has 11 atom stereocenters. The number of cyclic esters (lactones) is 1. The third-order valence-electron chi connectivity index (χ3n) is 6.94. The maximum absolute atomic E-state index is 12.6. The van der Waals surface area contributed by atoms with Crippen molar-refractivity contribution in [2.24, 2.45) is 29.4 Å². The summed E-state index contributed by atoms with van der Waals surface area (Å²) in [6.45, 7) is 11.1. The van der Waals surface area contributed by atoms with E-state index in [1.54, 1.807) is 27.7 Å². The first-order valence-corrected chi connectivity index (χ1v) is 10.5. The van der Waals surface area contributed by atoms with Crippen molar-refractivity contribution in [1.29, 1.82) is 0 Å². The van der Waals surface area contributed by atoms with Crippen LogP contribution in [0.3, 0.4) is 0 Å². The topological polar surface area (TPSA) is 153 Å². The van der Waals surface area contributed by atoms with Gasteiger partial charge in [0.15, 0.2) is 0 Å². The fraction of sp³-hybridized carbons (Fsp3) is 0.952. The van der Waals surface area contributed by atoms with Gasteiger partial charge in [-0.25, -0.2) is 0 Å². The summed E-state index contributed by atoms with van der Waals surface area (Å²) in [6.07, 6.45) is -4.52. The van der Waals surface area contributed by atoms with E-state index < -0.39 is 65.4 Å². The van der Waals surface area contributed by atoms with Crippen molar-refractivity contribution in [2.75, 3.05) is 0 Å². The van der Waals surface area contributed by atoms with E-state index >= 15 is 0 Å². The molecule has 1 rings (SSSR count). The van der Waals surface area contributed by atoms with Gasteiger partial charge in [-0.05, 0) is 39.5 Å². The number of esters is 1. The van der Waals surface area contributed by atoms with E-state index in [1.807, 2.05) is 0 Å². The molecule has 11 unspecified atom stereocenters. The van der Waals surface area contributed by atoms with Crippen LogP contribution in [0.5, 0.6) is 0 Å². The van der Waals surface area contributed by atoms with Crippen LogP contribution in [0.25, 0.3) is 0 Å². The molecule has 7 N–H and O–H groups in total. The van der Waals surface area contributed by atoms with Gasteiger partial charge in [-0.15, -0.1) is 0 Å². The molecule has 0 spiro atoms. The quantitative estimate of drug-likeness (QED) is 0.329. The maximum Gasteiger partial charge on any atom is 0.311 e. The second kappa shape index (κ2) is 9.58. The number of carbonyl (C=O) groups excluding carboxylic acids is 1. The standard InChI is InChI=1S/C21H41NO7/c1-8-14-21(7,28)18(25)11(3)15(22)10(2)9-20(6,27)17(24)12(4)16(23)13(5)19(26)29-14/h10-18,23-25,27-28H,8-9,22H2,1-7H3. The van der Waals surface area contributed by atoms with Crippen LogP contribution in [-0.2, 0) is 9.53 Å². The Morgan fingerprint density at radius 3 is 2.03 bits per heavy atom. The molecule has 8 heteroatoms. The van der Waals surface area contributed by atoms with Gasteiger partial charge >= 0.3 is 5.97 Å². The van der Waals surface area contributed by atoms with Crippen LogP contribution < -0.4 is 5.73 Å². The molecule has 1 saturated heterocycles. The summed E-state index contributed by atoms with van der Waals surface area (Å²) in [6, 6.07) is -0.606. The van der Waals surface area contributed by atoms with Crippen molar-refractivity contribution >= 4 is 5.97 Å². The van der Waals surface area contributed by atoms with Crippen molar-refractivity contribution in [3.8, 4) is 0 Å². The van der Waals surface area contributed by atoms with Crippen molar-refractivity contribution in [1.82, 2.24) is 0 Å². The monoisotopic (exact) mass is 419 g/mol. The van der Waals surface area contributed by atoms with E-state index in [0.29, 0.717) is 0 Å². The normalized spacial score (nSPS) is 51.2. The first-order chi connectivity index (χ1) is 13.1. The van der Waals surface area contributed by atoms with Crippen molar-refractivity contribution in [3.63, 3.8) is 0 Å². The first kappa shape index (κ1) is 26.3. The highest BCUT2D eigenvalue weighted by molar-refractivity contribution is 5.73. The molecule has 1 aliphatic rings. The lowest BCUT2D eigenvalue weighted by Crippen LogP contribution is -2.59. The molecule has 1 heterocycles. The van der Waals surface area contributed by atoms with E-state index in [2.05, 4.69) is 0 Å².